The van der Waals surface area contributed by atoms with Crippen molar-refractivity contribution in [3.63, 3.8) is 0 Å². The summed E-state index contributed by atoms with van der Waals surface area (Å²) in [6.45, 7) is 5.93. The number of rotatable bonds is 14. The van der Waals surface area contributed by atoms with Crippen molar-refractivity contribution < 1.29 is 22.7 Å². The lowest BCUT2D eigenvalue weighted by atomic mass is 10.1. The lowest BCUT2D eigenvalue weighted by Gasteiger charge is -2.33. The van der Waals surface area contributed by atoms with Crippen LogP contribution >= 0.6 is 11.6 Å². The van der Waals surface area contributed by atoms with Crippen LogP contribution in [0, 0.1) is 6.92 Å². The number of hydrogen-bond donors (Lipinski definition) is 1. The number of amides is 2. The minimum atomic E-state index is -4.20. The fourth-order valence-corrected chi connectivity index (χ4v) is 6.02. The van der Waals surface area contributed by atoms with E-state index in [1.165, 1.54) is 30.2 Å². The molecule has 0 unspecified atom stereocenters. The molecule has 1 N–H and O–H groups in total. The number of anilines is 1. The normalized spacial score (nSPS) is 11.9. The molecule has 0 aromatic heterocycles. The van der Waals surface area contributed by atoms with E-state index in [-0.39, 0.29) is 23.0 Å². The van der Waals surface area contributed by atoms with E-state index in [4.69, 9.17) is 16.3 Å². The lowest BCUT2D eigenvalue weighted by molar-refractivity contribution is -0.140. The van der Waals surface area contributed by atoms with Crippen LogP contribution in [0.1, 0.15) is 44.2 Å². The minimum absolute atomic E-state index is 0.0131. The highest BCUT2D eigenvalue weighted by Gasteiger charge is 2.34. The first kappa shape index (κ1) is 32.0. The molecule has 0 heterocycles. The summed E-state index contributed by atoms with van der Waals surface area (Å²) in [4.78, 5) is 28.9. The third-order valence-corrected chi connectivity index (χ3v) is 8.86. The molecule has 0 saturated carbocycles. The molecule has 3 aromatic rings. The molecule has 1 atom stereocenters. The van der Waals surface area contributed by atoms with Crippen LogP contribution in [0.2, 0.25) is 5.02 Å². The Morgan fingerprint density at radius 3 is 2.32 bits per heavy atom. The van der Waals surface area contributed by atoms with Crippen LogP contribution in [0.5, 0.6) is 5.75 Å². The zero-order valence-corrected chi connectivity index (χ0v) is 25.5. The smallest absolute Gasteiger partial charge is 0.264 e. The summed E-state index contributed by atoms with van der Waals surface area (Å²) in [5, 5.41) is 3.26. The van der Waals surface area contributed by atoms with E-state index in [0.717, 1.165) is 28.3 Å². The zero-order valence-electron chi connectivity index (χ0n) is 24.0. The fourth-order valence-electron chi connectivity index (χ4n) is 4.43. The molecular formula is C31H38ClN3O5S. The molecule has 0 aliphatic heterocycles. The number of halogens is 1. The van der Waals surface area contributed by atoms with Gasteiger partial charge < -0.3 is 15.0 Å². The maximum absolute atomic E-state index is 14.1. The highest BCUT2D eigenvalue weighted by molar-refractivity contribution is 7.92. The summed E-state index contributed by atoms with van der Waals surface area (Å²) >= 11 is 6.24. The van der Waals surface area contributed by atoms with Gasteiger partial charge in [0.25, 0.3) is 10.0 Å². The van der Waals surface area contributed by atoms with Gasteiger partial charge in [-0.15, -0.1) is 0 Å². The number of nitrogens with one attached hydrogen (secondary N) is 1. The third kappa shape index (κ3) is 8.24. The SMILES string of the molecule is CCCCNC(=O)[C@H](CC)N(Cc1ccccc1C)C(=O)CN(c1cccc(Cl)c1)S(=O)(=O)c1ccc(OC)cc1. The Labute approximate surface area is 248 Å². The Bertz CT molecular complexity index is 1430. The average molecular weight is 600 g/mol. The number of carbonyl (C=O) groups excluding carboxylic acids is 2. The maximum atomic E-state index is 14.1. The van der Waals surface area contributed by atoms with Gasteiger partial charge in [-0.25, -0.2) is 8.42 Å². The van der Waals surface area contributed by atoms with E-state index in [1.54, 1.807) is 30.3 Å². The Kier molecular flexibility index (Phi) is 11.6. The molecule has 0 spiro atoms. The molecule has 0 radical (unpaired) electrons. The molecule has 0 saturated heterocycles. The van der Waals surface area contributed by atoms with Crippen LogP contribution in [0.25, 0.3) is 0 Å². The maximum Gasteiger partial charge on any atom is 0.264 e. The first-order valence-electron chi connectivity index (χ1n) is 13.7. The van der Waals surface area contributed by atoms with Crippen LogP contribution in [0.15, 0.2) is 77.7 Å². The van der Waals surface area contributed by atoms with Crippen LogP contribution in [0.3, 0.4) is 0 Å². The molecule has 2 amide bonds. The molecule has 3 aromatic carbocycles. The van der Waals surface area contributed by atoms with Gasteiger partial charge in [-0.2, -0.15) is 0 Å². The first-order valence-corrected chi connectivity index (χ1v) is 15.5. The molecule has 0 aliphatic rings. The van der Waals surface area contributed by atoms with Gasteiger partial charge in [0.1, 0.15) is 18.3 Å². The van der Waals surface area contributed by atoms with Crippen molar-refractivity contribution in [2.75, 3.05) is 24.5 Å². The number of benzene rings is 3. The number of carbonyl (C=O) groups is 2. The van der Waals surface area contributed by atoms with Crippen molar-refractivity contribution in [2.45, 2.75) is 57.5 Å². The van der Waals surface area contributed by atoms with E-state index >= 15 is 0 Å². The van der Waals surface area contributed by atoms with E-state index in [0.29, 0.717) is 23.7 Å². The van der Waals surface area contributed by atoms with Crippen molar-refractivity contribution in [1.82, 2.24) is 10.2 Å². The highest BCUT2D eigenvalue weighted by atomic mass is 35.5. The Balaban J connectivity index is 2.05. The number of methoxy groups -OCH3 is 1. The van der Waals surface area contributed by atoms with E-state index in [1.807, 2.05) is 45.0 Å². The minimum Gasteiger partial charge on any atom is -0.497 e. The van der Waals surface area contributed by atoms with Gasteiger partial charge >= 0.3 is 0 Å². The Morgan fingerprint density at radius 2 is 1.71 bits per heavy atom. The highest BCUT2D eigenvalue weighted by Crippen LogP contribution is 2.28. The summed E-state index contributed by atoms with van der Waals surface area (Å²) in [5.41, 5.74) is 2.06. The van der Waals surface area contributed by atoms with Gasteiger partial charge in [0.2, 0.25) is 11.8 Å². The predicted octanol–water partition coefficient (Wildman–Crippen LogP) is 5.58. The number of sulfonamides is 1. The molecule has 220 valence electrons. The molecule has 0 bridgehead atoms. The van der Waals surface area contributed by atoms with E-state index < -0.39 is 28.5 Å². The summed E-state index contributed by atoms with van der Waals surface area (Å²) in [5.74, 6) is -0.281. The predicted molar refractivity (Wildman–Crippen MR) is 163 cm³/mol. The Hall–Kier alpha value is -3.56. The van der Waals surface area contributed by atoms with Crippen LogP contribution < -0.4 is 14.4 Å². The lowest BCUT2D eigenvalue weighted by Crippen LogP contribution is -2.52. The van der Waals surface area contributed by atoms with Crippen molar-refractivity contribution >= 4 is 39.1 Å². The van der Waals surface area contributed by atoms with Gasteiger partial charge in [-0.3, -0.25) is 13.9 Å². The fraction of sp³-hybridized carbons (Fsp3) is 0.355. The molecule has 41 heavy (non-hydrogen) atoms. The second kappa shape index (κ2) is 14.9. The average Bonchev–Trinajstić information content (AvgIpc) is 2.96. The molecule has 10 heteroatoms. The Morgan fingerprint density at radius 1 is 1.00 bits per heavy atom. The quantitative estimate of drug-likeness (QED) is 0.244. The number of hydrogen-bond acceptors (Lipinski definition) is 5. The molecule has 8 nitrogen and oxygen atoms in total. The van der Waals surface area contributed by atoms with E-state index in [2.05, 4.69) is 5.32 Å². The van der Waals surface area contributed by atoms with Crippen molar-refractivity contribution in [2.24, 2.45) is 0 Å². The summed E-state index contributed by atoms with van der Waals surface area (Å²) < 4.78 is 34.1. The largest absolute Gasteiger partial charge is 0.497 e. The first-order chi connectivity index (χ1) is 19.6. The van der Waals surface area contributed by atoms with Gasteiger partial charge in [0.15, 0.2) is 0 Å². The van der Waals surface area contributed by atoms with Crippen molar-refractivity contribution in [3.05, 3.63) is 88.9 Å². The standard InChI is InChI=1S/C31H38ClN3O5S/c1-5-7-19-33-31(37)29(6-2)34(21-24-12-9-8-11-23(24)3)30(36)22-35(26-14-10-13-25(32)20-26)41(38,39)28-17-15-27(40-4)16-18-28/h8-18,20,29H,5-7,19,21-22H2,1-4H3,(H,33,37)/t29-/m0/s1. The topological polar surface area (TPSA) is 96.0 Å². The van der Waals surface area contributed by atoms with E-state index in [9.17, 15) is 18.0 Å². The van der Waals surface area contributed by atoms with Gasteiger partial charge in [-0.05, 0) is 73.4 Å². The van der Waals surface area contributed by atoms with Gasteiger partial charge in [0, 0.05) is 18.1 Å². The number of ether oxygens (including phenoxy) is 1. The summed E-state index contributed by atoms with van der Waals surface area (Å²) in [6.07, 6.45) is 2.09. The molecule has 3 rings (SSSR count). The zero-order chi connectivity index (χ0) is 30.0. The summed E-state index contributed by atoms with van der Waals surface area (Å²) in [6, 6.07) is 19.1. The van der Waals surface area contributed by atoms with Crippen LogP contribution in [-0.4, -0.2) is 51.4 Å². The molecular weight excluding hydrogens is 562 g/mol. The van der Waals surface area contributed by atoms with Gasteiger partial charge in [0.05, 0.1) is 17.7 Å². The number of nitrogens with zero attached hydrogens (tertiary/aromatic N) is 2. The third-order valence-electron chi connectivity index (χ3n) is 6.84. The molecule has 0 aliphatic carbocycles. The van der Waals surface area contributed by atoms with Crippen LogP contribution in [-0.2, 0) is 26.2 Å². The monoisotopic (exact) mass is 599 g/mol. The van der Waals surface area contributed by atoms with Crippen molar-refractivity contribution in [1.29, 1.82) is 0 Å². The second-order valence-electron chi connectivity index (χ2n) is 9.68. The van der Waals surface area contributed by atoms with Gasteiger partial charge in [-0.1, -0.05) is 62.2 Å². The van der Waals surface area contributed by atoms with Crippen molar-refractivity contribution in [3.8, 4) is 5.75 Å². The molecule has 0 fully saturated rings. The second-order valence-corrected chi connectivity index (χ2v) is 12.0. The number of aryl methyl sites for hydroxylation is 1. The number of unbranched alkanes of at least 4 members (excludes halogenated alkanes) is 1. The summed E-state index contributed by atoms with van der Waals surface area (Å²) in [7, 11) is -2.71. The van der Waals surface area contributed by atoms with Crippen LogP contribution in [0.4, 0.5) is 5.69 Å².